The SMILES string of the molecule is C=CCc1c(C)cc(-n2nc3c(c2-n2ccn(-c4ccc5c(cnn5C)c4)c2=O)CN(C(=O)c2cc4cc(C5CCOCC5)ccc4n2CC(=O)O)CC3)cc1C. The number of carboxylic acids is 1. The molecule has 0 atom stereocenters. The quantitative estimate of drug-likeness (QED) is 0.174. The van der Waals surface area contributed by atoms with E-state index in [4.69, 9.17) is 9.84 Å². The van der Waals surface area contributed by atoms with Gasteiger partial charge in [0, 0.05) is 67.5 Å². The van der Waals surface area contributed by atoms with Crippen LogP contribution in [-0.4, -0.2) is 74.9 Å². The van der Waals surface area contributed by atoms with E-state index < -0.39 is 5.97 Å². The number of hydrogen-bond donors (Lipinski definition) is 1. The summed E-state index contributed by atoms with van der Waals surface area (Å²) in [5.74, 6) is -0.408. The van der Waals surface area contributed by atoms with Gasteiger partial charge in [-0.1, -0.05) is 12.1 Å². The molecule has 3 aromatic carbocycles. The number of carbonyl (C=O) groups is 2. The molecule has 290 valence electrons. The lowest BCUT2D eigenvalue weighted by Gasteiger charge is -2.27. The Bertz CT molecular complexity index is 2780. The van der Waals surface area contributed by atoms with E-state index in [0.29, 0.717) is 54.8 Å². The molecule has 6 heterocycles. The third-order valence-electron chi connectivity index (χ3n) is 11.7. The van der Waals surface area contributed by atoms with Crippen molar-refractivity contribution in [1.82, 2.24) is 38.2 Å². The maximum Gasteiger partial charge on any atom is 0.338 e. The van der Waals surface area contributed by atoms with Gasteiger partial charge in [-0.3, -0.25) is 23.4 Å². The maximum absolute atomic E-state index is 14.6. The van der Waals surface area contributed by atoms with Crippen LogP contribution in [0.4, 0.5) is 0 Å². The van der Waals surface area contributed by atoms with Gasteiger partial charge in [-0.2, -0.15) is 10.2 Å². The van der Waals surface area contributed by atoms with E-state index >= 15 is 0 Å². The van der Waals surface area contributed by atoms with Crippen LogP contribution in [0, 0.1) is 13.8 Å². The van der Waals surface area contributed by atoms with E-state index in [2.05, 4.69) is 43.7 Å². The van der Waals surface area contributed by atoms with E-state index in [1.807, 2.05) is 54.2 Å². The highest BCUT2D eigenvalue weighted by molar-refractivity contribution is 5.99. The molecule has 1 fully saturated rings. The molecule has 13 nitrogen and oxygen atoms in total. The molecule has 1 saturated heterocycles. The van der Waals surface area contributed by atoms with Gasteiger partial charge in [-0.05, 0) is 110 Å². The first-order chi connectivity index (χ1) is 27.6. The largest absolute Gasteiger partial charge is 0.480 e. The Kier molecular flexibility index (Phi) is 9.04. The number of rotatable bonds is 9. The Morgan fingerprint density at radius 2 is 1.70 bits per heavy atom. The number of amides is 1. The van der Waals surface area contributed by atoms with Gasteiger partial charge in [-0.15, -0.1) is 6.58 Å². The van der Waals surface area contributed by atoms with E-state index in [9.17, 15) is 19.5 Å². The van der Waals surface area contributed by atoms with Crippen LogP contribution in [0.3, 0.4) is 0 Å². The molecule has 0 radical (unpaired) electrons. The maximum atomic E-state index is 14.6. The molecule has 2 aliphatic rings. The fourth-order valence-electron chi connectivity index (χ4n) is 8.77. The van der Waals surface area contributed by atoms with Crippen molar-refractivity contribution in [2.75, 3.05) is 19.8 Å². The molecule has 4 aromatic heterocycles. The number of allylic oxidation sites excluding steroid dienone is 1. The van der Waals surface area contributed by atoms with Crippen LogP contribution < -0.4 is 5.69 Å². The summed E-state index contributed by atoms with van der Waals surface area (Å²) < 4.78 is 14.0. The minimum Gasteiger partial charge on any atom is -0.480 e. The first-order valence-electron chi connectivity index (χ1n) is 19.4. The molecule has 2 aliphatic heterocycles. The number of carbonyl (C=O) groups excluding carboxylic acids is 1. The lowest BCUT2D eigenvalue weighted by atomic mass is 9.91. The summed E-state index contributed by atoms with van der Waals surface area (Å²) in [6, 6.07) is 17.8. The van der Waals surface area contributed by atoms with Crippen molar-refractivity contribution in [1.29, 1.82) is 0 Å². The normalized spacial score (nSPS) is 14.8. The highest BCUT2D eigenvalue weighted by Crippen LogP contribution is 2.33. The fourth-order valence-corrected chi connectivity index (χ4v) is 8.77. The molecule has 1 amide bonds. The zero-order chi connectivity index (χ0) is 39.5. The number of aromatic nitrogens is 7. The van der Waals surface area contributed by atoms with Crippen molar-refractivity contribution in [3.63, 3.8) is 0 Å². The second-order valence-corrected chi connectivity index (χ2v) is 15.2. The second-order valence-electron chi connectivity index (χ2n) is 15.2. The molecular formula is C44H44N8O5. The Balaban J connectivity index is 1.14. The predicted octanol–water partition coefficient (Wildman–Crippen LogP) is 6.18. The molecule has 57 heavy (non-hydrogen) atoms. The van der Waals surface area contributed by atoms with E-state index in [1.165, 1.54) is 5.56 Å². The first-order valence-corrected chi connectivity index (χ1v) is 19.4. The van der Waals surface area contributed by atoms with Crippen LogP contribution >= 0.6 is 0 Å². The van der Waals surface area contributed by atoms with Gasteiger partial charge < -0.3 is 19.3 Å². The summed E-state index contributed by atoms with van der Waals surface area (Å²) in [6.07, 6.45) is 10.2. The summed E-state index contributed by atoms with van der Waals surface area (Å²) >= 11 is 0. The van der Waals surface area contributed by atoms with Gasteiger partial charge in [0.25, 0.3) is 5.91 Å². The van der Waals surface area contributed by atoms with Crippen LogP contribution in [-0.2, 0) is 42.5 Å². The summed E-state index contributed by atoms with van der Waals surface area (Å²) in [6.45, 7) is 9.70. The monoisotopic (exact) mass is 764 g/mol. The average molecular weight is 765 g/mol. The first kappa shape index (κ1) is 36.2. The number of aliphatic carboxylic acids is 1. The summed E-state index contributed by atoms with van der Waals surface area (Å²) in [5, 5.41) is 21.2. The number of benzene rings is 3. The topological polar surface area (TPSA) is 134 Å². The number of hydrogen-bond acceptors (Lipinski definition) is 6. The van der Waals surface area contributed by atoms with Crippen LogP contribution in [0.2, 0.25) is 0 Å². The molecule has 0 bridgehead atoms. The van der Waals surface area contributed by atoms with Crippen LogP contribution in [0.25, 0.3) is 39.0 Å². The zero-order valence-corrected chi connectivity index (χ0v) is 32.3. The smallest absolute Gasteiger partial charge is 0.338 e. The third kappa shape index (κ3) is 6.28. The van der Waals surface area contributed by atoms with Crippen molar-refractivity contribution in [2.45, 2.75) is 58.5 Å². The third-order valence-corrected chi connectivity index (χ3v) is 11.7. The minimum atomic E-state index is -1.03. The molecule has 1 N–H and O–H groups in total. The Labute approximate surface area is 328 Å². The lowest BCUT2D eigenvalue weighted by molar-refractivity contribution is -0.137. The van der Waals surface area contributed by atoms with Crippen molar-refractivity contribution < 1.29 is 19.4 Å². The fraction of sp³-hybridized carbons (Fsp3) is 0.295. The van der Waals surface area contributed by atoms with Crippen molar-refractivity contribution in [2.24, 2.45) is 7.05 Å². The average Bonchev–Trinajstić information content (AvgIpc) is 3.98. The van der Waals surface area contributed by atoms with Crippen LogP contribution in [0.1, 0.15) is 62.8 Å². The van der Waals surface area contributed by atoms with Crippen molar-refractivity contribution >= 4 is 33.7 Å². The number of imidazole rings is 1. The van der Waals surface area contributed by atoms with E-state index in [0.717, 1.165) is 69.2 Å². The molecule has 13 heteroatoms. The van der Waals surface area contributed by atoms with Gasteiger partial charge in [0.2, 0.25) is 0 Å². The molecule has 0 unspecified atom stereocenters. The van der Waals surface area contributed by atoms with Crippen LogP contribution in [0.15, 0.2) is 90.6 Å². The van der Waals surface area contributed by atoms with Crippen molar-refractivity contribution in [3.05, 3.63) is 136 Å². The molecule has 0 spiro atoms. The molecular weight excluding hydrogens is 721 g/mol. The highest BCUT2D eigenvalue weighted by atomic mass is 16.5. The number of fused-ring (bicyclic) bond motifs is 3. The lowest BCUT2D eigenvalue weighted by Crippen LogP contribution is -2.37. The van der Waals surface area contributed by atoms with Gasteiger partial charge in [0.1, 0.15) is 18.1 Å². The summed E-state index contributed by atoms with van der Waals surface area (Å²) in [5.41, 5.74) is 9.25. The number of nitrogens with zero attached hydrogens (tertiary/aromatic N) is 8. The predicted molar refractivity (Wildman–Crippen MR) is 217 cm³/mol. The molecule has 9 rings (SSSR count). The van der Waals surface area contributed by atoms with Gasteiger partial charge in [0.15, 0.2) is 0 Å². The van der Waals surface area contributed by atoms with Gasteiger partial charge in [0.05, 0.1) is 35.3 Å². The number of aryl methyl sites for hydroxylation is 3. The van der Waals surface area contributed by atoms with E-state index in [1.54, 1.807) is 41.9 Å². The summed E-state index contributed by atoms with van der Waals surface area (Å²) in [4.78, 5) is 43.0. The van der Waals surface area contributed by atoms with Gasteiger partial charge >= 0.3 is 11.7 Å². The Hall–Kier alpha value is -6.47. The number of ether oxygens (including phenoxy) is 1. The zero-order valence-electron chi connectivity index (χ0n) is 32.3. The van der Waals surface area contributed by atoms with Crippen molar-refractivity contribution in [3.8, 4) is 17.2 Å². The Morgan fingerprint density at radius 3 is 2.46 bits per heavy atom. The molecule has 0 aliphatic carbocycles. The Morgan fingerprint density at radius 1 is 0.947 bits per heavy atom. The second kappa shape index (κ2) is 14.2. The van der Waals surface area contributed by atoms with Crippen LogP contribution in [0.5, 0.6) is 0 Å². The standard InChI is InChI=1S/C44H44N8O5/c1-5-6-35-27(2)19-34(20-28(35)3)52-42(50-16-15-49(44(50)56)33-8-10-38-32(22-33)24-45-47(38)4)36-25-48(14-11-37(36)46-52)43(55)40-23-31-21-30(29-12-17-57-18-13-29)7-9-39(31)51(40)26-41(53)54/h5,7-10,15-16,19-24,29H,1,6,11-14,17-18,25-26H2,2-4H3,(H,53,54). The summed E-state index contributed by atoms with van der Waals surface area (Å²) in [7, 11) is 1.88. The number of carboxylic acid groups (broad SMARTS) is 1. The van der Waals surface area contributed by atoms with E-state index in [-0.39, 0.29) is 24.7 Å². The highest BCUT2D eigenvalue weighted by Gasteiger charge is 2.32. The molecule has 7 aromatic rings. The van der Waals surface area contributed by atoms with Gasteiger partial charge in [-0.25, -0.2) is 9.48 Å². The minimum absolute atomic E-state index is 0.178. The molecule has 0 saturated carbocycles.